The molecule has 0 rings (SSSR count). The normalized spacial score (nSPS) is 13.4. The van der Waals surface area contributed by atoms with E-state index in [-0.39, 0.29) is 4.75 Å². The molecule has 0 atom stereocenters. The molecule has 0 saturated heterocycles. The second kappa shape index (κ2) is 8.34. The number of oxime groups is 1. The van der Waals surface area contributed by atoms with Crippen molar-refractivity contribution in [2.75, 3.05) is 19.6 Å². The van der Waals surface area contributed by atoms with Gasteiger partial charge >= 0.3 is 6.09 Å². The quantitative estimate of drug-likeness (QED) is 0.173. The highest BCUT2D eigenvalue weighted by molar-refractivity contribution is 8.16. The van der Waals surface area contributed by atoms with E-state index < -0.39 is 9.22 Å². The highest BCUT2D eigenvalue weighted by atomic mass is 35.6. The zero-order valence-electron chi connectivity index (χ0n) is 11.1. The molecule has 0 heterocycles. The van der Waals surface area contributed by atoms with Crippen LogP contribution in [0.1, 0.15) is 13.8 Å². The molecule has 0 saturated carbocycles. The van der Waals surface area contributed by atoms with Crippen LogP contribution in [0.4, 0.5) is 4.79 Å². The molecule has 1 amide bonds. The molecule has 0 aromatic carbocycles. The molecule has 19 heavy (non-hydrogen) atoms. The molecule has 0 unspecified atom stereocenters. The lowest BCUT2D eigenvalue weighted by Crippen LogP contribution is -2.27. The lowest BCUT2D eigenvalue weighted by Gasteiger charge is -2.22. The second-order valence-electron chi connectivity index (χ2n) is 3.71. The van der Waals surface area contributed by atoms with Crippen LogP contribution in [0.5, 0.6) is 0 Å². The standard InChI is InChI=1S/C9H15Cl3N2O2S3/c1-8(2,18-5)6(17-4)13-16-7(15)14(3)19-9(10,11)12/h1-5H3. The van der Waals surface area contributed by atoms with E-state index in [4.69, 9.17) is 39.6 Å². The number of hydrogen-bond acceptors (Lipinski definition) is 6. The van der Waals surface area contributed by atoms with Gasteiger partial charge in [0.1, 0.15) is 5.04 Å². The van der Waals surface area contributed by atoms with Gasteiger partial charge in [-0.3, -0.25) is 4.84 Å². The highest BCUT2D eigenvalue weighted by Gasteiger charge is 2.28. The Morgan fingerprint density at radius 3 is 2.16 bits per heavy atom. The molecule has 0 fully saturated rings. The number of rotatable bonds is 4. The predicted molar refractivity (Wildman–Crippen MR) is 90.7 cm³/mol. The highest BCUT2D eigenvalue weighted by Crippen LogP contribution is 2.40. The number of hydrogen-bond donors (Lipinski definition) is 0. The first kappa shape index (κ1) is 19.9. The zero-order valence-corrected chi connectivity index (χ0v) is 15.8. The van der Waals surface area contributed by atoms with Crippen molar-refractivity contribution in [1.82, 2.24) is 4.31 Å². The molecule has 0 aliphatic heterocycles. The van der Waals surface area contributed by atoms with Crippen LogP contribution in [0.2, 0.25) is 0 Å². The summed E-state index contributed by atoms with van der Waals surface area (Å²) >= 11 is 20.4. The molecule has 0 bridgehead atoms. The summed E-state index contributed by atoms with van der Waals surface area (Å²) in [6.45, 7) is 3.97. The maximum absolute atomic E-state index is 11.6. The molecule has 0 aromatic heterocycles. The van der Waals surface area contributed by atoms with Crippen LogP contribution in [0.25, 0.3) is 0 Å². The van der Waals surface area contributed by atoms with Crippen LogP contribution in [0.3, 0.4) is 0 Å². The summed E-state index contributed by atoms with van der Waals surface area (Å²) in [7, 11) is 1.43. The minimum atomic E-state index is -1.63. The minimum Gasteiger partial charge on any atom is -0.296 e. The third kappa shape index (κ3) is 8.02. The third-order valence-electron chi connectivity index (χ3n) is 1.92. The van der Waals surface area contributed by atoms with Gasteiger partial charge in [-0.25, -0.2) is 9.10 Å². The topological polar surface area (TPSA) is 41.9 Å². The van der Waals surface area contributed by atoms with Gasteiger partial charge in [-0.15, -0.1) is 11.8 Å². The third-order valence-corrected chi connectivity index (χ3v) is 5.49. The van der Waals surface area contributed by atoms with Crippen LogP contribution < -0.4 is 0 Å². The van der Waals surface area contributed by atoms with Gasteiger partial charge < -0.3 is 0 Å². The van der Waals surface area contributed by atoms with E-state index in [2.05, 4.69) is 5.16 Å². The lowest BCUT2D eigenvalue weighted by molar-refractivity contribution is 0.137. The van der Waals surface area contributed by atoms with Crippen LogP contribution >= 0.6 is 70.3 Å². The van der Waals surface area contributed by atoms with Crippen molar-refractivity contribution in [3.63, 3.8) is 0 Å². The van der Waals surface area contributed by atoms with Crippen molar-refractivity contribution < 1.29 is 9.63 Å². The number of alkyl halides is 3. The molecule has 0 aliphatic rings. The molecule has 0 aliphatic carbocycles. The van der Waals surface area contributed by atoms with Crippen LogP contribution in [0, 0.1) is 0 Å². The zero-order chi connectivity index (χ0) is 15.3. The van der Waals surface area contributed by atoms with E-state index in [1.807, 2.05) is 26.4 Å². The molecule has 4 nitrogen and oxygen atoms in total. The van der Waals surface area contributed by atoms with Crippen molar-refractivity contribution in [3.8, 4) is 0 Å². The summed E-state index contributed by atoms with van der Waals surface area (Å²) in [5.74, 6) is 0. The molecule has 112 valence electrons. The average Bonchev–Trinajstić information content (AvgIpc) is 2.26. The van der Waals surface area contributed by atoms with Gasteiger partial charge in [0.15, 0.2) is 0 Å². The Bertz CT molecular complexity index is 348. The van der Waals surface area contributed by atoms with Gasteiger partial charge in [0, 0.05) is 19.0 Å². The number of carbonyl (C=O) groups excluding carboxylic acids is 1. The fourth-order valence-corrected chi connectivity index (χ4v) is 3.48. The number of carbonyl (C=O) groups is 1. The Hall–Kier alpha value is 0.860. The first-order valence-corrected chi connectivity index (χ1v) is 9.27. The van der Waals surface area contributed by atoms with Crippen molar-refractivity contribution in [2.24, 2.45) is 5.16 Å². The Labute approximate surface area is 141 Å². The van der Waals surface area contributed by atoms with Crippen molar-refractivity contribution >= 4 is 81.4 Å². The van der Waals surface area contributed by atoms with Crippen molar-refractivity contribution in [2.45, 2.75) is 21.7 Å². The van der Waals surface area contributed by atoms with Crippen LogP contribution in [-0.2, 0) is 4.84 Å². The van der Waals surface area contributed by atoms with E-state index in [1.54, 1.807) is 11.8 Å². The van der Waals surface area contributed by atoms with Gasteiger partial charge in [-0.2, -0.15) is 11.8 Å². The van der Waals surface area contributed by atoms with E-state index in [1.165, 1.54) is 18.8 Å². The Balaban J connectivity index is 4.64. The van der Waals surface area contributed by atoms with Crippen molar-refractivity contribution in [1.29, 1.82) is 0 Å². The molecule has 0 spiro atoms. The summed E-state index contributed by atoms with van der Waals surface area (Å²) in [5, 5.41) is 4.56. The first-order chi connectivity index (χ1) is 8.53. The average molecular weight is 386 g/mol. The summed E-state index contributed by atoms with van der Waals surface area (Å²) in [6, 6.07) is 0. The van der Waals surface area contributed by atoms with E-state index in [9.17, 15) is 4.79 Å². The Kier molecular flexibility index (Phi) is 8.72. The van der Waals surface area contributed by atoms with Gasteiger partial charge in [-0.05, 0) is 26.4 Å². The second-order valence-corrected chi connectivity index (χ2v) is 10.2. The number of amides is 1. The summed E-state index contributed by atoms with van der Waals surface area (Å²) in [6.07, 6.45) is 3.11. The fraction of sp³-hybridized carbons (Fsp3) is 0.778. The van der Waals surface area contributed by atoms with Gasteiger partial charge in [0.2, 0.25) is 0 Å². The maximum atomic E-state index is 11.6. The number of nitrogens with zero attached hydrogens (tertiary/aromatic N) is 2. The minimum absolute atomic E-state index is 0.235. The summed E-state index contributed by atoms with van der Waals surface area (Å²) in [4.78, 5) is 16.5. The van der Waals surface area contributed by atoms with Crippen molar-refractivity contribution in [3.05, 3.63) is 0 Å². The number of halogens is 3. The Morgan fingerprint density at radius 1 is 1.26 bits per heavy atom. The van der Waals surface area contributed by atoms with Gasteiger partial charge in [-0.1, -0.05) is 40.0 Å². The SMILES string of the molecule is CSC(=NOC(=O)N(C)SC(Cl)(Cl)Cl)C(C)(C)SC. The molecule has 10 heteroatoms. The molecule has 0 radical (unpaired) electrons. The lowest BCUT2D eigenvalue weighted by atomic mass is 10.2. The molecule has 0 aromatic rings. The fourth-order valence-electron chi connectivity index (χ4n) is 0.811. The predicted octanol–water partition coefficient (Wildman–Crippen LogP) is 4.85. The van der Waals surface area contributed by atoms with E-state index in [0.717, 1.165) is 4.31 Å². The molecular weight excluding hydrogens is 371 g/mol. The molecular formula is C9H15Cl3N2O2S3. The monoisotopic (exact) mass is 384 g/mol. The largest absolute Gasteiger partial charge is 0.445 e. The summed E-state index contributed by atoms with van der Waals surface area (Å²) < 4.78 is -0.792. The van der Waals surface area contributed by atoms with Crippen LogP contribution in [0.15, 0.2) is 5.16 Å². The van der Waals surface area contributed by atoms with E-state index in [0.29, 0.717) is 17.0 Å². The smallest absolute Gasteiger partial charge is 0.296 e. The van der Waals surface area contributed by atoms with E-state index >= 15 is 0 Å². The molecule has 0 N–H and O–H groups in total. The van der Waals surface area contributed by atoms with Gasteiger partial charge in [0.05, 0.1) is 4.75 Å². The maximum Gasteiger partial charge on any atom is 0.445 e. The number of thioether (sulfide) groups is 2. The summed E-state index contributed by atoms with van der Waals surface area (Å²) in [5.41, 5.74) is 0. The van der Waals surface area contributed by atoms with Crippen LogP contribution in [-0.4, -0.2) is 42.9 Å². The first-order valence-electron chi connectivity index (χ1n) is 4.91. The van der Waals surface area contributed by atoms with Gasteiger partial charge in [0.25, 0.3) is 3.12 Å². The Morgan fingerprint density at radius 2 is 1.79 bits per heavy atom.